The minimum absolute atomic E-state index is 0.0150. The normalized spacial score (nSPS) is 15.5. The summed E-state index contributed by atoms with van der Waals surface area (Å²) in [5, 5.41) is 0. The molecule has 0 radical (unpaired) electrons. The Morgan fingerprint density at radius 1 is 1.18 bits per heavy atom. The highest BCUT2D eigenvalue weighted by Gasteiger charge is 2.26. The summed E-state index contributed by atoms with van der Waals surface area (Å²) in [6, 6.07) is 8.36. The number of aryl methyl sites for hydroxylation is 1. The first-order chi connectivity index (χ1) is 13.3. The van der Waals surface area contributed by atoms with Crippen LogP contribution in [-0.4, -0.2) is 49.6 Å². The zero-order chi connectivity index (χ0) is 20.3. The Hall–Kier alpha value is -2.16. The molecule has 7 nitrogen and oxygen atoms in total. The van der Waals surface area contributed by atoms with Crippen molar-refractivity contribution in [2.24, 2.45) is 0 Å². The summed E-state index contributed by atoms with van der Waals surface area (Å²) in [5.74, 6) is -0.408. The quantitative estimate of drug-likeness (QED) is 0.689. The van der Waals surface area contributed by atoms with Crippen molar-refractivity contribution in [3.05, 3.63) is 52.8 Å². The Morgan fingerprint density at radius 2 is 1.89 bits per heavy atom. The van der Waals surface area contributed by atoms with Crippen molar-refractivity contribution >= 4 is 16.0 Å². The van der Waals surface area contributed by atoms with Gasteiger partial charge in [0, 0.05) is 31.0 Å². The SMILES string of the molecule is CCn1c(C)cc(C(=O)OCc2cccc(S(=O)(=O)N3CCOCC3)c2)c1C. The van der Waals surface area contributed by atoms with E-state index in [0.717, 1.165) is 17.9 Å². The average Bonchev–Trinajstić information content (AvgIpc) is 3.00. The molecule has 0 amide bonds. The molecule has 1 fully saturated rings. The predicted molar refractivity (Wildman–Crippen MR) is 105 cm³/mol. The van der Waals surface area contributed by atoms with E-state index in [1.807, 2.05) is 31.4 Å². The number of carbonyl (C=O) groups is 1. The van der Waals surface area contributed by atoms with Gasteiger partial charge < -0.3 is 14.0 Å². The lowest BCUT2D eigenvalue weighted by Crippen LogP contribution is -2.40. The molecule has 0 N–H and O–H groups in total. The lowest BCUT2D eigenvalue weighted by molar-refractivity contribution is 0.0471. The van der Waals surface area contributed by atoms with E-state index in [0.29, 0.717) is 37.4 Å². The second kappa shape index (κ2) is 8.46. The second-order valence-electron chi connectivity index (χ2n) is 6.77. The molecule has 152 valence electrons. The standard InChI is InChI=1S/C20H26N2O5S/c1-4-22-15(2)12-19(16(22)3)20(23)27-14-17-6-5-7-18(13-17)28(24,25)21-8-10-26-11-9-21/h5-7,12-13H,4,8-11,14H2,1-3H3. The van der Waals surface area contributed by atoms with Crippen molar-refractivity contribution < 1.29 is 22.7 Å². The average molecular weight is 407 g/mol. The van der Waals surface area contributed by atoms with Crippen LogP contribution in [-0.2, 0) is 32.6 Å². The van der Waals surface area contributed by atoms with Crippen molar-refractivity contribution in [2.45, 2.75) is 38.8 Å². The maximum Gasteiger partial charge on any atom is 0.340 e. The van der Waals surface area contributed by atoms with Gasteiger partial charge >= 0.3 is 5.97 Å². The molecule has 28 heavy (non-hydrogen) atoms. The molecule has 8 heteroatoms. The number of sulfonamides is 1. The minimum Gasteiger partial charge on any atom is -0.457 e. The van der Waals surface area contributed by atoms with E-state index >= 15 is 0 Å². The maximum absolute atomic E-state index is 12.8. The van der Waals surface area contributed by atoms with Crippen LogP contribution in [0.1, 0.15) is 34.2 Å². The summed E-state index contributed by atoms with van der Waals surface area (Å²) in [6.45, 7) is 8.14. The van der Waals surface area contributed by atoms with Crippen molar-refractivity contribution in [3.8, 4) is 0 Å². The molecule has 1 aliphatic rings. The number of carbonyl (C=O) groups excluding carboxylic acids is 1. The summed E-state index contributed by atoms with van der Waals surface area (Å²) < 4.78 is 39.7. The van der Waals surface area contributed by atoms with Crippen LogP contribution in [0, 0.1) is 13.8 Å². The van der Waals surface area contributed by atoms with E-state index in [4.69, 9.17) is 9.47 Å². The second-order valence-corrected chi connectivity index (χ2v) is 8.71. The van der Waals surface area contributed by atoms with Crippen LogP contribution in [0.3, 0.4) is 0 Å². The number of ether oxygens (including phenoxy) is 2. The Bertz CT molecular complexity index is 959. The van der Waals surface area contributed by atoms with Gasteiger partial charge in [-0.25, -0.2) is 13.2 Å². The molecule has 0 unspecified atom stereocenters. The van der Waals surface area contributed by atoms with Crippen molar-refractivity contribution in [1.29, 1.82) is 0 Å². The van der Waals surface area contributed by atoms with E-state index in [-0.39, 0.29) is 11.5 Å². The molecule has 1 aliphatic heterocycles. The number of nitrogens with zero attached hydrogens (tertiary/aromatic N) is 2. The van der Waals surface area contributed by atoms with Crippen molar-refractivity contribution in [1.82, 2.24) is 8.87 Å². The highest BCUT2D eigenvalue weighted by molar-refractivity contribution is 7.89. The number of hydrogen-bond acceptors (Lipinski definition) is 5. The van der Waals surface area contributed by atoms with Crippen molar-refractivity contribution in [3.63, 3.8) is 0 Å². The lowest BCUT2D eigenvalue weighted by Gasteiger charge is -2.26. The van der Waals surface area contributed by atoms with Gasteiger partial charge in [-0.3, -0.25) is 0 Å². The number of hydrogen-bond donors (Lipinski definition) is 0. The molecule has 0 atom stereocenters. The third kappa shape index (κ3) is 4.14. The van der Waals surface area contributed by atoms with Crippen molar-refractivity contribution in [2.75, 3.05) is 26.3 Å². The number of benzene rings is 1. The molecule has 0 aliphatic carbocycles. The minimum atomic E-state index is -3.58. The smallest absolute Gasteiger partial charge is 0.340 e. The fourth-order valence-electron chi connectivity index (χ4n) is 3.45. The van der Waals surface area contributed by atoms with Crippen LogP contribution in [0.4, 0.5) is 0 Å². The van der Waals surface area contributed by atoms with Gasteiger partial charge in [0.05, 0.1) is 23.7 Å². The van der Waals surface area contributed by atoms with E-state index < -0.39 is 16.0 Å². The molecular weight excluding hydrogens is 380 g/mol. The van der Waals surface area contributed by atoms with Gasteiger partial charge in [0.15, 0.2) is 0 Å². The Labute approximate surface area is 165 Å². The van der Waals surface area contributed by atoms with E-state index in [1.54, 1.807) is 24.3 Å². The summed E-state index contributed by atoms with van der Waals surface area (Å²) in [7, 11) is -3.58. The highest BCUT2D eigenvalue weighted by atomic mass is 32.2. The zero-order valence-electron chi connectivity index (χ0n) is 16.5. The maximum atomic E-state index is 12.8. The number of morpholine rings is 1. The fourth-order valence-corrected chi connectivity index (χ4v) is 4.93. The molecule has 1 aromatic carbocycles. The van der Waals surface area contributed by atoms with Gasteiger partial charge in [-0.1, -0.05) is 12.1 Å². The van der Waals surface area contributed by atoms with Gasteiger partial charge in [-0.15, -0.1) is 0 Å². The van der Waals surface area contributed by atoms with Gasteiger partial charge in [-0.2, -0.15) is 4.31 Å². The molecule has 2 heterocycles. The fraction of sp³-hybridized carbons (Fsp3) is 0.450. The Kier molecular flexibility index (Phi) is 6.22. The highest BCUT2D eigenvalue weighted by Crippen LogP contribution is 2.20. The van der Waals surface area contributed by atoms with E-state index in [9.17, 15) is 13.2 Å². The third-order valence-electron chi connectivity index (χ3n) is 4.99. The molecular formula is C20H26N2O5S. The topological polar surface area (TPSA) is 77.8 Å². The molecule has 0 saturated carbocycles. The van der Waals surface area contributed by atoms with Gasteiger partial charge in [0.1, 0.15) is 6.61 Å². The van der Waals surface area contributed by atoms with Gasteiger partial charge in [-0.05, 0) is 44.5 Å². The molecule has 2 aromatic rings. The van der Waals surface area contributed by atoms with Gasteiger partial charge in [0.2, 0.25) is 10.0 Å². The van der Waals surface area contributed by atoms with Gasteiger partial charge in [0.25, 0.3) is 0 Å². The number of esters is 1. The largest absolute Gasteiger partial charge is 0.457 e. The third-order valence-corrected chi connectivity index (χ3v) is 6.88. The zero-order valence-corrected chi connectivity index (χ0v) is 17.3. The van der Waals surface area contributed by atoms with E-state index in [2.05, 4.69) is 0 Å². The van der Waals surface area contributed by atoms with Crippen LogP contribution in [0.25, 0.3) is 0 Å². The van der Waals surface area contributed by atoms with Crippen LogP contribution in [0.15, 0.2) is 35.2 Å². The van der Waals surface area contributed by atoms with Crippen LogP contribution < -0.4 is 0 Å². The van der Waals surface area contributed by atoms with Crippen LogP contribution in [0.5, 0.6) is 0 Å². The molecule has 1 saturated heterocycles. The Balaban J connectivity index is 1.72. The molecule has 0 spiro atoms. The Morgan fingerprint density at radius 3 is 2.54 bits per heavy atom. The summed E-state index contributed by atoms with van der Waals surface area (Å²) in [6.07, 6.45) is 0. The molecule has 1 aromatic heterocycles. The molecule has 0 bridgehead atoms. The van der Waals surface area contributed by atoms with Crippen LogP contribution in [0.2, 0.25) is 0 Å². The summed E-state index contributed by atoms with van der Waals surface area (Å²) in [4.78, 5) is 12.7. The first-order valence-corrected chi connectivity index (χ1v) is 10.8. The first kappa shape index (κ1) is 20.6. The van der Waals surface area contributed by atoms with Crippen LogP contribution >= 0.6 is 0 Å². The first-order valence-electron chi connectivity index (χ1n) is 9.35. The summed E-state index contributed by atoms with van der Waals surface area (Å²) in [5.41, 5.74) is 3.04. The van der Waals surface area contributed by atoms with E-state index in [1.165, 1.54) is 4.31 Å². The predicted octanol–water partition coefficient (Wildman–Crippen LogP) is 2.50. The lowest BCUT2D eigenvalue weighted by atomic mass is 10.2. The number of rotatable bonds is 6. The monoisotopic (exact) mass is 406 g/mol. The summed E-state index contributed by atoms with van der Waals surface area (Å²) >= 11 is 0. The molecule has 3 rings (SSSR count). The number of aromatic nitrogens is 1.